The normalized spacial score (nSPS) is 30.7. The van der Waals surface area contributed by atoms with Gasteiger partial charge in [0.1, 0.15) is 22.8 Å². The number of phenolic OH excluding ortho intramolecular Hbond substituents is 1. The Labute approximate surface area is 217 Å². The number of nitrogens with zero attached hydrogens (tertiary/aromatic N) is 1. The number of Topliss-reactive ketones (excluding diaryl/α,β-unsaturated/α-hetero) is 2. The Kier molecular flexibility index (Phi) is 5.75. The Bertz CT molecular complexity index is 1460. The number of phenols is 1. The van der Waals surface area contributed by atoms with Gasteiger partial charge < -0.3 is 31.3 Å². The van der Waals surface area contributed by atoms with Gasteiger partial charge in [-0.1, -0.05) is 49.4 Å². The molecule has 7 N–H and O–H groups in total. The van der Waals surface area contributed by atoms with Crippen LogP contribution in [0.3, 0.4) is 0 Å². The van der Waals surface area contributed by atoms with Gasteiger partial charge in [-0.05, 0) is 31.1 Å². The van der Waals surface area contributed by atoms with Crippen LogP contribution in [0.1, 0.15) is 28.8 Å². The Morgan fingerprint density at radius 2 is 1.66 bits per heavy atom. The first kappa shape index (κ1) is 25.7. The molecule has 6 atom stereocenters. The SMILES string of the molecule is CC1c2ccc(-c3ccccc3)c(O)c2C(=O)C2=C(O)[C@]3(O)C(=O)C(C(N)=O)=C(O)[C@@H](N(C)C)[C@@H]3[C@@H](O)[C@@H]21. The highest BCUT2D eigenvalue weighted by Crippen LogP contribution is 2.56. The molecule has 3 aliphatic carbocycles. The second-order valence-electron chi connectivity index (χ2n) is 10.3. The smallest absolute Gasteiger partial charge is 0.255 e. The van der Waals surface area contributed by atoms with Crippen LogP contribution in [0.2, 0.25) is 0 Å². The van der Waals surface area contributed by atoms with Gasteiger partial charge in [-0.2, -0.15) is 0 Å². The van der Waals surface area contributed by atoms with Crippen molar-refractivity contribution in [3.05, 3.63) is 76.3 Å². The Balaban J connectivity index is 1.78. The quantitative estimate of drug-likeness (QED) is 0.325. The van der Waals surface area contributed by atoms with Crippen molar-refractivity contribution in [1.82, 2.24) is 4.90 Å². The highest BCUT2D eigenvalue weighted by Gasteiger charge is 2.67. The minimum Gasteiger partial charge on any atom is -0.510 e. The zero-order valence-corrected chi connectivity index (χ0v) is 20.9. The van der Waals surface area contributed by atoms with E-state index in [1.807, 2.05) is 0 Å². The second-order valence-corrected chi connectivity index (χ2v) is 10.3. The first-order valence-electron chi connectivity index (χ1n) is 12.1. The summed E-state index contributed by atoms with van der Waals surface area (Å²) in [5.74, 6) is -9.03. The molecule has 10 nitrogen and oxygen atoms in total. The molecule has 10 heteroatoms. The molecule has 3 aliphatic rings. The Hall–Kier alpha value is -3.99. The van der Waals surface area contributed by atoms with Gasteiger partial charge in [0.05, 0.1) is 23.6 Å². The van der Waals surface area contributed by atoms with E-state index in [-0.39, 0.29) is 11.3 Å². The molecule has 0 aromatic heterocycles. The molecule has 0 heterocycles. The molecule has 198 valence electrons. The highest BCUT2D eigenvalue weighted by atomic mass is 16.4. The summed E-state index contributed by atoms with van der Waals surface area (Å²) >= 11 is 0. The lowest BCUT2D eigenvalue weighted by molar-refractivity contribution is -0.162. The van der Waals surface area contributed by atoms with Crippen molar-refractivity contribution in [2.24, 2.45) is 17.6 Å². The zero-order valence-electron chi connectivity index (χ0n) is 20.9. The van der Waals surface area contributed by atoms with Crippen LogP contribution in [0.15, 0.2) is 65.1 Å². The van der Waals surface area contributed by atoms with E-state index in [0.29, 0.717) is 16.7 Å². The predicted octanol–water partition coefficient (Wildman–Crippen LogP) is 1.32. The van der Waals surface area contributed by atoms with Crippen molar-refractivity contribution in [2.45, 2.75) is 30.6 Å². The molecule has 0 saturated carbocycles. The van der Waals surface area contributed by atoms with Crippen molar-refractivity contribution < 1.29 is 39.9 Å². The number of rotatable bonds is 3. The van der Waals surface area contributed by atoms with Crippen LogP contribution in [0.25, 0.3) is 11.1 Å². The van der Waals surface area contributed by atoms with Crippen molar-refractivity contribution in [3.8, 4) is 16.9 Å². The average molecular weight is 521 g/mol. The fourth-order valence-electron chi connectivity index (χ4n) is 6.47. The monoisotopic (exact) mass is 520 g/mol. The third kappa shape index (κ3) is 3.14. The molecule has 1 unspecified atom stereocenters. The summed E-state index contributed by atoms with van der Waals surface area (Å²) in [4.78, 5) is 40.8. The number of primary amides is 1. The first-order valence-corrected chi connectivity index (χ1v) is 12.1. The summed E-state index contributed by atoms with van der Waals surface area (Å²) in [6.07, 6.45) is -1.62. The van der Waals surface area contributed by atoms with Crippen molar-refractivity contribution in [2.75, 3.05) is 14.1 Å². The maximum absolute atomic E-state index is 13.9. The van der Waals surface area contributed by atoms with Gasteiger partial charge in [0, 0.05) is 17.1 Å². The molecule has 5 rings (SSSR count). The largest absolute Gasteiger partial charge is 0.510 e. The highest BCUT2D eigenvalue weighted by molar-refractivity contribution is 6.25. The van der Waals surface area contributed by atoms with Crippen LogP contribution in [0, 0.1) is 11.8 Å². The number of ketones is 2. The van der Waals surface area contributed by atoms with Crippen molar-refractivity contribution in [3.63, 3.8) is 0 Å². The number of aliphatic hydroxyl groups is 4. The topological polar surface area (TPSA) is 182 Å². The van der Waals surface area contributed by atoms with E-state index in [4.69, 9.17) is 5.73 Å². The number of carbonyl (C=O) groups is 3. The van der Waals surface area contributed by atoms with Crippen LogP contribution < -0.4 is 5.73 Å². The van der Waals surface area contributed by atoms with Crippen LogP contribution in [-0.2, 0) is 9.59 Å². The molecule has 0 radical (unpaired) electrons. The zero-order chi connectivity index (χ0) is 27.8. The molecule has 0 spiro atoms. The minimum atomic E-state index is -2.93. The number of amides is 1. The lowest BCUT2D eigenvalue weighted by Crippen LogP contribution is -2.68. The van der Waals surface area contributed by atoms with E-state index in [0.717, 1.165) is 0 Å². The predicted molar refractivity (Wildman–Crippen MR) is 135 cm³/mol. The average Bonchev–Trinajstić information content (AvgIpc) is 2.86. The third-order valence-electron chi connectivity index (χ3n) is 8.22. The second kappa shape index (κ2) is 8.52. The van der Waals surface area contributed by atoms with Crippen LogP contribution in [0.5, 0.6) is 5.75 Å². The molecule has 0 saturated heterocycles. The number of benzene rings is 2. The molecular weight excluding hydrogens is 492 g/mol. The Morgan fingerprint density at radius 3 is 2.24 bits per heavy atom. The van der Waals surface area contributed by atoms with Gasteiger partial charge in [0.15, 0.2) is 11.4 Å². The number of likely N-dealkylation sites (N-methyl/N-ethyl adjacent to an activating group) is 1. The van der Waals surface area contributed by atoms with Crippen LogP contribution >= 0.6 is 0 Å². The molecule has 0 aliphatic heterocycles. The van der Waals surface area contributed by atoms with Gasteiger partial charge >= 0.3 is 0 Å². The van der Waals surface area contributed by atoms with Gasteiger partial charge in [-0.25, -0.2) is 0 Å². The maximum atomic E-state index is 13.9. The standard InChI is InChI=1S/C28H28N2O8/c1-11-13-9-10-14(12-7-5-4-6-8-12)21(31)16(13)22(32)17-15(11)23(33)19-20(30(2)3)24(34)18(27(29)37)26(36)28(19,38)25(17)35/h4-11,15,19-20,23,31,33-35,38H,1-3H3,(H2,29,37)/t11?,15-,19-,20+,23+,28+/m1/s1. The number of hydrogen-bond acceptors (Lipinski definition) is 9. The molecule has 0 fully saturated rings. The molecular formula is C28H28N2O8. The first-order chi connectivity index (χ1) is 17.8. The summed E-state index contributed by atoms with van der Waals surface area (Å²) in [5.41, 5.74) is 2.34. The summed E-state index contributed by atoms with van der Waals surface area (Å²) in [5, 5.41) is 56.9. The molecule has 1 amide bonds. The van der Waals surface area contributed by atoms with E-state index < -0.39 is 75.6 Å². The lowest BCUT2D eigenvalue weighted by Gasteiger charge is -2.53. The number of carbonyl (C=O) groups excluding carboxylic acids is 3. The summed E-state index contributed by atoms with van der Waals surface area (Å²) in [7, 11) is 2.99. The number of fused-ring (bicyclic) bond motifs is 3. The van der Waals surface area contributed by atoms with E-state index in [9.17, 15) is 39.9 Å². The minimum absolute atomic E-state index is 0.119. The number of hydrogen-bond donors (Lipinski definition) is 6. The van der Waals surface area contributed by atoms with E-state index in [1.165, 1.54) is 19.0 Å². The van der Waals surface area contributed by atoms with E-state index in [1.54, 1.807) is 49.4 Å². The molecule has 0 bridgehead atoms. The fourth-order valence-corrected chi connectivity index (χ4v) is 6.47. The van der Waals surface area contributed by atoms with Gasteiger partial charge in [-0.3, -0.25) is 19.3 Å². The molecule has 2 aromatic carbocycles. The fraction of sp³-hybridized carbons (Fsp3) is 0.321. The van der Waals surface area contributed by atoms with E-state index >= 15 is 0 Å². The summed E-state index contributed by atoms with van der Waals surface area (Å²) in [6, 6.07) is 10.9. The maximum Gasteiger partial charge on any atom is 0.255 e. The Morgan fingerprint density at radius 1 is 1.03 bits per heavy atom. The van der Waals surface area contributed by atoms with Gasteiger partial charge in [0.2, 0.25) is 5.78 Å². The summed E-state index contributed by atoms with van der Waals surface area (Å²) < 4.78 is 0. The molecule has 2 aromatic rings. The third-order valence-corrected chi connectivity index (χ3v) is 8.22. The van der Waals surface area contributed by atoms with Gasteiger partial charge in [-0.15, -0.1) is 0 Å². The van der Waals surface area contributed by atoms with Crippen molar-refractivity contribution in [1.29, 1.82) is 0 Å². The number of nitrogens with two attached hydrogens (primary N) is 1. The lowest BCUT2D eigenvalue weighted by atomic mass is 9.55. The van der Waals surface area contributed by atoms with Crippen molar-refractivity contribution >= 4 is 17.5 Å². The van der Waals surface area contributed by atoms with Crippen LogP contribution in [0.4, 0.5) is 0 Å². The van der Waals surface area contributed by atoms with E-state index in [2.05, 4.69) is 0 Å². The summed E-state index contributed by atoms with van der Waals surface area (Å²) in [6.45, 7) is 1.69. The van der Waals surface area contributed by atoms with Gasteiger partial charge in [0.25, 0.3) is 5.91 Å². The number of aromatic hydroxyl groups is 1. The number of aliphatic hydroxyl groups excluding tert-OH is 3. The molecule has 38 heavy (non-hydrogen) atoms. The van der Waals surface area contributed by atoms with Crippen LogP contribution in [-0.4, -0.2) is 79.7 Å².